The second-order valence-electron chi connectivity index (χ2n) is 11.8. The average molecular weight is 645 g/mol. The van der Waals surface area contributed by atoms with Crippen LogP contribution in [-0.4, -0.2) is 65.2 Å². The summed E-state index contributed by atoms with van der Waals surface area (Å²) >= 11 is 0. The second-order valence-corrected chi connectivity index (χ2v) is 11.8. The average Bonchev–Trinajstić information content (AvgIpc) is 3.41. The number of oxime groups is 1. The second kappa shape index (κ2) is 13.9. The molecule has 3 atom stereocenters. The minimum atomic E-state index is -0.966. The van der Waals surface area contributed by atoms with E-state index in [0.29, 0.717) is 31.2 Å². The smallest absolute Gasteiger partial charge is 0.308 e. The summed E-state index contributed by atoms with van der Waals surface area (Å²) in [7, 11) is 1.48. The molecule has 248 valence electrons. The molecule has 1 spiro atoms. The van der Waals surface area contributed by atoms with E-state index in [1.807, 2.05) is 6.92 Å². The van der Waals surface area contributed by atoms with Crippen molar-refractivity contribution in [1.29, 1.82) is 0 Å². The van der Waals surface area contributed by atoms with Crippen LogP contribution in [0.3, 0.4) is 0 Å². The highest BCUT2D eigenvalue weighted by Crippen LogP contribution is 2.46. The van der Waals surface area contributed by atoms with Crippen molar-refractivity contribution in [2.24, 2.45) is 5.16 Å². The maximum absolute atomic E-state index is 14.3. The van der Waals surface area contributed by atoms with Gasteiger partial charge >= 0.3 is 5.97 Å². The molecule has 1 aromatic heterocycles. The molecule has 3 aliphatic rings. The zero-order chi connectivity index (χ0) is 33.0. The number of nitrogens with zero attached hydrogens (tertiary/aromatic N) is 3. The van der Waals surface area contributed by atoms with Gasteiger partial charge in [-0.2, -0.15) is 0 Å². The highest BCUT2D eigenvalue weighted by Gasteiger charge is 2.55. The predicted molar refractivity (Wildman–Crippen MR) is 160 cm³/mol. The SMILES string of the molecule is CCCCCCC(=O)OCOc1c2n(cc(C(=O)NCc3ccc(F)cc3F)c1=O)[C@@H]1CN(C2=O)[C@@H](C)CC[C@]12CC(OC)=NO2. The van der Waals surface area contributed by atoms with Crippen molar-refractivity contribution in [1.82, 2.24) is 14.8 Å². The summed E-state index contributed by atoms with van der Waals surface area (Å²) in [6.07, 6.45) is 6.26. The van der Waals surface area contributed by atoms with Crippen LogP contribution >= 0.6 is 0 Å². The molecule has 4 heterocycles. The van der Waals surface area contributed by atoms with Crippen LogP contribution in [0.25, 0.3) is 0 Å². The third kappa shape index (κ3) is 6.56. The Labute approximate surface area is 264 Å². The Hall–Kier alpha value is -4.49. The highest BCUT2D eigenvalue weighted by atomic mass is 19.1. The standard InChI is InChI=1S/C32H38F2N4O8/c1-4-5-6-7-8-26(39)44-18-45-29-27-31(42)37-17-24(32(12-11-19(37)2)14-25(43-3)36-46-32)38(27)16-22(28(29)40)30(41)35-15-20-9-10-21(33)13-23(20)34/h9-10,13,16,19,24H,4-8,11-12,14-15,17-18H2,1-3H3,(H,35,41)/t19-,24+,32-/m0/s1. The first kappa shape index (κ1) is 32.9. The fourth-order valence-electron chi connectivity index (χ4n) is 6.17. The molecule has 5 rings (SSSR count). The van der Waals surface area contributed by atoms with Crippen molar-refractivity contribution in [3.8, 4) is 5.75 Å². The van der Waals surface area contributed by atoms with E-state index in [9.17, 15) is 28.0 Å². The highest BCUT2D eigenvalue weighted by molar-refractivity contribution is 5.99. The fourth-order valence-corrected chi connectivity index (χ4v) is 6.17. The number of fused-ring (bicyclic) bond motifs is 5. The lowest BCUT2D eigenvalue weighted by molar-refractivity contribution is -0.150. The monoisotopic (exact) mass is 644 g/mol. The molecule has 0 unspecified atom stereocenters. The quantitative estimate of drug-likeness (QED) is 0.218. The Morgan fingerprint density at radius 2 is 2.00 bits per heavy atom. The van der Waals surface area contributed by atoms with Crippen LogP contribution in [0.1, 0.15) is 97.7 Å². The summed E-state index contributed by atoms with van der Waals surface area (Å²) in [6.45, 7) is 3.14. The van der Waals surface area contributed by atoms with Gasteiger partial charge in [0.05, 0.1) is 19.6 Å². The van der Waals surface area contributed by atoms with E-state index in [4.69, 9.17) is 19.0 Å². The molecule has 14 heteroatoms. The molecule has 1 saturated heterocycles. The predicted octanol–water partition coefficient (Wildman–Crippen LogP) is 4.20. The van der Waals surface area contributed by atoms with Gasteiger partial charge in [-0.1, -0.05) is 37.4 Å². The van der Waals surface area contributed by atoms with Crippen molar-refractivity contribution >= 4 is 23.7 Å². The van der Waals surface area contributed by atoms with Gasteiger partial charge in [-0.3, -0.25) is 19.2 Å². The lowest BCUT2D eigenvalue weighted by Gasteiger charge is -2.42. The molecule has 1 N–H and O–H groups in total. The van der Waals surface area contributed by atoms with Crippen molar-refractivity contribution in [3.63, 3.8) is 0 Å². The van der Waals surface area contributed by atoms with E-state index in [2.05, 4.69) is 17.4 Å². The number of carbonyl (C=O) groups excluding carboxylic acids is 3. The number of unbranched alkanes of at least 4 members (excludes halogenated alkanes) is 3. The minimum absolute atomic E-state index is 0.00117. The summed E-state index contributed by atoms with van der Waals surface area (Å²) in [4.78, 5) is 61.2. The van der Waals surface area contributed by atoms with Crippen molar-refractivity contribution < 1.29 is 42.2 Å². The summed E-state index contributed by atoms with van der Waals surface area (Å²) in [5.41, 5.74) is -2.40. The van der Waals surface area contributed by atoms with Crippen molar-refractivity contribution in [2.75, 3.05) is 20.4 Å². The molecule has 2 amide bonds. The van der Waals surface area contributed by atoms with Crippen LogP contribution in [0.2, 0.25) is 0 Å². The molecule has 1 fully saturated rings. The number of methoxy groups -OCH3 is 1. The molecule has 2 aromatic rings. The Bertz CT molecular complexity index is 1590. The Balaban J connectivity index is 1.51. The van der Waals surface area contributed by atoms with E-state index in [1.54, 1.807) is 4.90 Å². The number of benzene rings is 1. The lowest BCUT2D eigenvalue weighted by Crippen LogP contribution is -2.52. The number of esters is 1. The zero-order valence-corrected chi connectivity index (χ0v) is 26.1. The summed E-state index contributed by atoms with van der Waals surface area (Å²) in [6, 6.07) is 2.08. The van der Waals surface area contributed by atoms with Crippen LogP contribution in [-0.2, 0) is 25.7 Å². The first-order valence-electron chi connectivity index (χ1n) is 15.5. The summed E-state index contributed by atoms with van der Waals surface area (Å²) in [5, 5.41) is 6.60. The third-order valence-electron chi connectivity index (χ3n) is 8.86. The Kier molecular flexibility index (Phi) is 9.92. The molecular formula is C32H38F2N4O8. The van der Waals surface area contributed by atoms with Gasteiger partial charge in [-0.25, -0.2) is 8.78 Å². The van der Waals surface area contributed by atoms with Gasteiger partial charge in [-0.05, 0) is 32.3 Å². The van der Waals surface area contributed by atoms with Crippen LogP contribution in [0.15, 0.2) is 34.3 Å². The summed E-state index contributed by atoms with van der Waals surface area (Å²) in [5.74, 6) is -3.64. The number of pyridine rings is 1. The van der Waals surface area contributed by atoms with Gasteiger partial charge in [0.25, 0.3) is 11.8 Å². The molecule has 0 radical (unpaired) electrons. The number of hydrogen-bond donors (Lipinski definition) is 1. The van der Waals surface area contributed by atoms with Crippen LogP contribution in [0.4, 0.5) is 8.78 Å². The van der Waals surface area contributed by atoms with E-state index in [-0.39, 0.29) is 43.2 Å². The zero-order valence-electron chi connectivity index (χ0n) is 26.1. The van der Waals surface area contributed by atoms with Gasteiger partial charge in [0.2, 0.25) is 23.9 Å². The van der Waals surface area contributed by atoms with Crippen LogP contribution in [0.5, 0.6) is 5.75 Å². The number of rotatable bonds is 11. The van der Waals surface area contributed by atoms with E-state index < -0.39 is 64.6 Å². The number of hydrogen-bond acceptors (Lipinski definition) is 9. The molecule has 2 bridgehead atoms. The van der Waals surface area contributed by atoms with Crippen LogP contribution < -0.4 is 15.5 Å². The molecule has 0 saturated carbocycles. The molecular weight excluding hydrogens is 606 g/mol. The third-order valence-corrected chi connectivity index (χ3v) is 8.86. The van der Waals surface area contributed by atoms with Gasteiger partial charge in [0.1, 0.15) is 17.2 Å². The number of amides is 2. The normalized spacial score (nSPS) is 21.6. The van der Waals surface area contributed by atoms with Gasteiger partial charge in [0.15, 0.2) is 11.3 Å². The van der Waals surface area contributed by atoms with Gasteiger partial charge in [-0.15, -0.1) is 0 Å². The molecule has 3 aliphatic heterocycles. The fraction of sp³-hybridized carbons (Fsp3) is 0.531. The number of halogens is 2. The number of ether oxygens (including phenoxy) is 3. The maximum Gasteiger partial charge on any atom is 0.308 e. The van der Waals surface area contributed by atoms with E-state index in [1.165, 1.54) is 23.9 Å². The number of nitrogens with one attached hydrogen (secondary N) is 1. The number of carbonyl (C=O) groups is 3. The maximum atomic E-state index is 14.3. The minimum Gasteiger partial charge on any atom is -0.482 e. The van der Waals surface area contributed by atoms with Gasteiger partial charge in [0, 0.05) is 43.4 Å². The van der Waals surface area contributed by atoms with E-state index >= 15 is 0 Å². The topological polar surface area (TPSA) is 138 Å². The van der Waals surface area contributed by atoms with Gasteiger partial charge < -0.3 is 33.8 Å². The molecule has 12 nitrogen and oxygen atoms in total. The molecule has 1 aromatic carbocycles. The van der Waals surface area contributed by atoms with Crippen molar-refractivity contribution in [2.45, 2.75) is 89.4 Å². The first-order chi connectivity index (χ1) is 22.1. The lowest BCUT2D eigenvalue weighted by atomic mass is 9.85. The van der Waals surface area contributed by atoms with Crippen LogP contribution in [0, 0.1) is 11.6 Å². The molecule has 46 heavy (non-hydrogen) atoms. The largest absolute Gasteiger partial charge is 0.482 e. The first-order valence-corrected chi connectivity index (χ1v) is 15.5. The molecule has 0 aliphatic carbocycles. The number of aromatic nitrogens is 1. The van der Waals surface area contributed by atoms with E-state index in [0.717, 1.165) is 25.3 Å². The Morgan fingerprint density at radius 1 is 1.20 bits per heavy atom. The summed E-state index contributed by atoms with van der Waals surface area (Å²) < 4.78 is 45.5. The Morgan fingerprint density at radius 3 is 2.72 bits per heavy atom. The van der Waals surface area contributed by atoms with Crippen molar-refractivity contribution in [3.05, 3.63) is 63.1 Å².